The standard InChI is InChI=1S/C81H100F42O19Si8/c1-2-3-4-143-131-144(54-19-33-5-40(54)12-47(33)26-61(124,68(82,83)84)69(85,86)87)134-147(57-22-36-8-43(57)15-50(36)29-64(127,74(100,101)102)75(103,104)105)136-145(132-143,55-20-34-6-41(55)13-48(34)27-62(125,70(88,89)90)71(91,92)93)138-149(59-24-38-10-45(59)17-52(38)31-66(129,78(112,113)114)79(115,116)117)139-146(133-143,56-21-35-7-42(56)14-49(35)28-63(126,72(94,95)96)73(97,98)99)137-148(135-144,58-23-37-9-44(58)16-51(37)30-65(128,76(106,107)108)77(109,110)111)141-150(140-147,142-149)60-25-39-11-46(60)18-53(39)32-67(130,80(118,119)120)81(121,122)123/h33-60,124-130H,2-32H2,1H3. The van der Waals surface area contributed by atoms with Gasteiger partial charge in [0.25, 0.3) is 39.2 Å². The van der Waals surface area contributed by atoms with Gasteiger partial charge in [-0.2, -0.15) is 184 Å². The molecular weight excluding hydrogens is 2300 g/mol. The zero-order chi connectivity index (χ0) is 111. The predicted octanol–water partition coefficient (Wildman–Crippen LogP) is 23.2. The third kappa shape index (κ3) is 17.6. The highest BCUT2D eigenvalue weighted by molar-refractivity contribution is 7.04. The van der Waals surface area contributed by atoms with Gasteiger partial charge >= 0.3 is 157 Å². The smallest absolute Gasteiger partial charge is 0.374 e. The second kappa shape index (κ2) is 35.1. The van der Waals surface area contributed by atoms with Gasteiger partial charge in [-0.3, -0.25) is 0 Å². The first-order valence-corrected chi connectivity index (χ1v) is 63.7. The van der Waals surface area contributed by atoms with Crippen LogP contribution < -0.4 is 0 Å². The maximum Gasteiger partial charge on any atom is 0.482 e. The molecule has 150 heavy (non-hydrogen) atoms. The second-order valence-corrected chi connectivity index (χ2v) is 72.1. The zero-order valence-electron chi connectivity index (χ0n) is 77.5. The van der Waals surface area contributed by atoms with Crippen molar-refractivity contribution in [2.24, 2.45) is 124 Å². The van der Waals surface area contributed by atoms with Crippen LogP contribution in [0.25, 0.3) is 0 Å². The number of hydrogen-bond acceptors (Lipinski definition) is 19. The summed E-state index contributed by atoms with van der Waals surface area (Å²) in [6, 6.07) is -1.02. The molecule has 20 rings (SSSR count). The van der Waals surface area contributed by atoms with Crippen LogP contribution in [-0.2, 0) is 49.4 Å². The minimum atomic E-state index is -6.98. The van der Waals surface area contributed by atoms with Crippen molar-refractivity contribution in [2.45, 2.75) is 370 Å². The van der Waals surface area contributed by atoms with Crippen molar-refractivity contribution < 1.29 is 270 Å². The Hall–Kier alpha value is -1.96. The SMILES string of the molecule is CCCC[Si]12O[Si]3(C4CC5CC4CC5CC(O)(C(F)(F)F)C(F)(F)F)O[Si]4(C5CC6CC5CC6CC(O)(C(F)(F)F)C(F)(F)F)O[Si](C5CC6CC5CC6CC(O)(C(F)(F)F)C(F)(F)F)(O1)O[Si]1(C5CC6CC5CC6CC(O)(C(F)(F)F)C(F)(F)F)O[Si](C5CC6CC5CC6CC(O)(C(F)(F)F)C(F)(F)F)(O2)O[Si](C2CC5CC2CC5CC(O)(C(F)(F)F)C(F)(F)F)(O3)O[Si](C2CC3CC2CC3CC(O)(C(F)(F)F)C(F)(F)F)(O4)O1. The van der Waals surface area contributed by atoms with E-state index in [1.807, 2.05) is 0 Å². The van der Waals surface area contributed by atoms with Gasteiger partial charge in [-0.05, 0) is 310 Å². The van der Waals surface area contributed by atoms with Crippen molar-refractivity contribution >= 4 is 70.4 Å². The largest absolute Gasteiger partial charge is 0.482 e. The van der Waals surface area contributed by atoms with Crippen molar-refractivity contribution in [3.8, 4) is 0 Å². The summed E-state index contributed by atoms with van der Waals surface area (Å²) in [5, 5.41) is 77.5. The molecule has 20 fully saturated rings. The van der Waals surface area contributed by atoms with Crippen LogP contribution >= 0.6 is 0 Å². The van der Waals surface area contributed by atoms with Gasteiger partial charge in [0.1, 0.15) is 0 Å². The van der Waals surface area contributed by atoms with E-state index >= 15 is 184 Å². The maximum absolute atomic E-state index is 15.3. The fourth-order valence-electron chi connectivity index (χ4n) is 32.0. The minimum absolute atomic E-state index is 0.271. The van der Waals surface area contributed by atoms with E-state index in [9.17, 15) is 35.7 Å². The molecule has 0 amide bonds. The summed E-state index contributed by atoms with van der Waals surface area (Å²) in [5.74, 6) is -39.4. The number of alkyl halides is 42. The van der Waals surface area contributed by atoms with Crippen LogP contribution in [0, 0.1) is 124 Å². The number of unbranched alkanes of at least 4 members (excludes halogenated alkanes) is 1. The summed E-state index contributed by atoms with van der Waals surface area (Å²) in [7, 11) is -54.3. The molecule has 7 N–H and O–H groups in total. The van der Waals surface area contributed by atoms with Gasteiger partial charge in [-0.15, -0.1) is 0 Å². The summed E-state index contributed by atoms with van der Waals surface area (Å²) < 4.78 is 738. The van der Waals surface area contributed by atoms with Crippen molar-refractivity contribution in [3.63, 3.8) is 0 Å². The molecule has 6 saturated heterocycles. The van der Waals surface area contributed by atoms with Gasteiger partial charge in [-0.1, -0.05) is 13.3 Å². The number of halogens is 42. The summed E-state index contributed by atoms with van der Waals surface area (Å²) in [6.45, 7) is 1.37. The zero-order valence-corrected chi connectivity index (χ0v) is 85.5. The fourth-order valence-corrected chi connectivity index (χ4v) is 89.3. The Kier molecular flexibility index (Phi) is 27.1. The Morgan fingerprint density at radius 2 is 0.280 bits per heavy atom. The molecule has 14 saturated carbocycles. The molecule has 28 atom stereocenters. The van der Waals surface area contributed by atoms with Gasteiger partial charge in [0.2, 0.25) is 0 Å². The Morgan fingerprint density at radius 3 is 0.373 bits per heavy atom. The second-order valence-electron chi connectivity index (χ2n) is 46.8. The van der Waals surface area contributed by atoms with Crippen molar-refractivity contribution in [1.29, 1.82) is 0 Å². The van der Waals surface area contributed by atoms with E-state index in [-0.39, 0.29) is 6.42 Å². The lowest BCUT2D eigenvalue weighted by Crippen LogP contribution is -2.91. The fraction of sp³-hybridized carbons (Fsp3) is 1.00. The summed E-state index contributed by atoms with van der Waals surface area (Å²) in [6.07, 6.45) is -130. The molecule has 19 nitrogen and oxygen atoms in total. The molecule has 22 bridgehead atoms. The normalized spacial score (nSPS) is 44.2. The van der Waals surface area contributed by atoms with Gasteiger partial charge in [-0.25, -0.2) is 0 Å². The maximum atomic E-state index is 15.3. The molecule has 864 valence electrons. The molecular formula is C81H100F42O19Si8. The Bertz CT molecular complexity index is 4500. The van der Waals surface area contributed by atoms with Crippen LogP contribution in [0.15, 0.2) is 0 Å². The molecule has 6 aliphatic heterocycles. The van der Waals surface area contributed by atoms with E-state index in [4.69, 9.17) is 49.4 Å². The van der Waals surface area contributed by atoms with Crippen molar-refractivity contribution in [2.75, 3.05) is 0 Å². The summed E-state index contributed by atoms with van der Waals surface area (Å²) in [5.41, 5.74) is -54.6. The number of aliphatic hydroxyl groups is 7. The van der Waals surface area contributed by atoms with Crippen molar-refractivity contribution in [3.05, 3.63) is 0 Å². The number of hydrogen-bond donors (Lipinski definition) is 7. The number of rotatable bonds is 24. The van der Waals surface area contributed by atoms with E-state index < -0.39 is 551 Å². The highest BCUT2D eigenvalue weighted by Crippen LogP contribution is 2.79. The first kappa shape index (κ1) is 116. The van der Waals surface area contributed by atoms with Gasteiger partial charge in [0.15, 0.2) is 0 Å². The number of fused-ring (bicyclic) bond motifs is 14. The first-order chi connectivity index (χ1) is 67.7. The molecule has 28 unspecified atom stereocenters. The van der Waals surface area contributed by atoms with Crippen LogP contribution in [0.4, 0.5) is 184 Å². The van der Waals surface area contributed by atoms with E-state index in [2.05, 4.69) is 0 Å². The van der Waals surface area contributed by atoms with Crippen LogP contribution in [0.5, 0.6) is 0 Å². The van der Waals surface area contributed by atoms with Crippen LogP contribution in [-0.4, -0.2) is 232 Å². The molecule has 0 spiro atoms. The van der Waals surface area contributed by atoms with Gasteiger partial charge in [0, 0.05) is 44.8 Å². The Balaban J connectivity index is 0.903. The van der Waals surface area contributed by atoms with Crippen LogP contribution in [0.3, 0.4) is 0 Å². The average molecular weight is 2400 g/mol. The van der Waals surface area contributed by atoms with Gasteiger partial charge < -0.3 is 85.1 Å². The predicted molar refractivity (Wildman–Crippen MR) is 427 cm³/mol. The van der Waals surface area contributed by atoms with E-state index in [0.717, 1.165) is 0 Å². The van der Waals surface area contributed by atoms with Crippen LogP contribution in [0.2, 0.25) is 44.8 Å². The minimum Gasteiger partial charge on any atom is -0.374 e. The lowest BCUT2D eigenvalue weighted by atomic mass is 9.79. The lowest BCUT2D eigenvalue weighted by molar-refractivity contribution is -0.373. The summed E-state index contributed by atoms with van der Waals surface area (Å²) in [4.78, 5) is 0. The monoisotopic (exact) mass is 2400 g/mol. The lowest BCUT2D eigenvalue weighted by Gasteiger charge is -2.68. The molecule has 0 aromatic heterocycles. The highest BCUT2D eigenvalue weighted by Gasteiger charge is 2.94. The highest BCUT2D eigenvalue weighted by atomic mass is 28.6. The molecule has 0 aromatic rings. The van der Waals surface area contributed by atoms with Crippen molar-refractivity contribution in [1.82, 2.24) is 0 Å². The van der Waals surface area contributed by atoms with Crippen LogP contribution in [0.1, 0.15) is 200 Å². The molecule has 69 heteroatoms. The Labute approximate surface area is 831 Å². The first-order valence-electron chi connectivity index (χ1n) is 49.1. The third-order valence-corrected chi connectivity index (χ3v) is 78.9. The summed E-state index contributed by atoms with van der Waals surface area (Å²) >= 11 is 0. The topological polar surface area (TPSA) is 252 Å². The van der Waals surface area contributed by atoms with E-state index in [1.165, 1.54) is 6.92 Å². The molecule has 0 radical (unpaired) electrons. The van der Waals surface area contributed by atoms with Gasteiger partial charge in [0.05, 0.1) is 0 Å². The van der Waals surface area contributed by atoms with E-state index in [0.29, 0.717) is 0 Å². The quantitative estimate of drug-likeness (QED) is 0.0350. The molecule has 0 aromatic carbocycles. The molecule has 20 aliphatic rings. The molecule has 6 heterocycles. The average Bonchev–Trinajstić information content (AvgIpc) is 1.31. The molecule has 14 aliphatic carbocycles. The Morgan fingerprint density at radius 1 is 0.167 bits per heavy atom. The van der Waals surface area contributed by atoms with E-state index in [1.54, 1.807) is 0 Å². The third-order valence-electron chi connectivity index (χ3n) is 39.0.